The molecule has 3 rings (SSSR count). The van der Waals surface area contributed by atoms with Crippen molar-refractivity contribution in [3.05, 3.63) is 41.1 Å². The molecule has 10 heteroatoms. The average Bonchev–Trinajstić information content (AvgIpc) is 3.00. The molecule has 2 N–H and O–H groups in total. The molecular formula is C18H19F2N3O4S. The molecule has 0 aliphatic heterocycles. The Morgan fingerprint density at radius 2 is 2.04 bits per heavy atom. The van der Waals surface area contributed by atoms with E-state index < -0.39 is 22.7 Å². The Morgan fingerprint density at radius 3 is 2.71 bits per heavy atom. The number of pyridine rings is 1. The van der Waals surface area contributed by atoms with Gasteiger partial charge in [0.1, 0.15) is 0 Å². The lowest BCUT2D eigenvalue weighted by Crippen LogP contribution is -2.34. The molecule has 0 spiro atoms. The van der Waals surface area contributed by atoms with Crippen LogP contribution in [-0.4, -0.2) is 32.3 Å². The average molecular weight is 411 g/mol. The number of alkyl halides is 2. The van der Waals surface area contributed by atoms with Crippen LogP contribution in [0.5, 0.6) is 5.88 Å². The van der Waals surface area contributed by atoms with Crippen LogP contribution in [0.15, 0.2) is 24.4 Å². The first kappa shape index (κ1) is 20.0. The highest BCUT2D eigenvalue weighted by Gasteiger charge is 2.23. The van der Waals surface area contributed by atoms with Crippen molar-refractivity contribution in [2.75, 3.05) is 11.6 Å². The van der Waals surface area contributed by atoms with Gasteiger partial charge in [-0.1, -0.05) is 6.07 Å². The van der Waals surface area contributed by atoms with Crippen LogP contribution >= 0.6 is 0 Å². The standard InChI is InChI=1S/C18H19F2N3O4S/c1-10-8-11-4-3-5-13(11)16(22-18(24)23-28(2,25)26)15(10)12-6-7-21-14(9-12)27-17(19)20/h6-9,17H,3-5H2,1-2H3,(H2,22,23,24). The molecule has 1 aromatic heterocycles. The fourth-order valence-electron chi connectivity index (χ4n) is 3.43. The van der Waals surface area contributed by atoms with Crippen LogP contribution in [0.3, 0.4) is 0 Å². The van der Waals surface area contributed by atoms with Crippen LogP contribution < -0.4 is 14.8 Å². The van der Waals surface area contributed by atoms with Crippen molar-refractivity contribution in [3.8, 4) is 17.0 Å². The second-order valence-electron chi connectivity index (χ2n) is 6.52. The number of ether oxygens (including phenoxy) is 1. The smallest absolute Gasteiger partial charge is 0.388 e. The second kappa shape index (κ2) is 7.70. The zero-order valence-electron chi connectivity index (χ0n) is 15.3. The Morgan fingerprint density at radius 1 is 1.29 bits per heavy atom. The Labute approximate surface area is 161 Å². The molecule has 0 radical (unpaired) electrons. The highest BCUT2D eigenvalue weighted by atomic mass is 32.2. The molecule has 0 atom stereocenters. The number of aromatic nitrogens is 1. The van der Waals surface area contributed by atoms with Crippen LogP contribution in [0, 0.1) is 6.92 Å². The van der Waals surface area contributed by atoms with E-state index in [1.165, 1.54) is 12.3 Å². The van der Waals surface area contributed by atoms with Gasteiger partial charge >= 0.3 is 12.6 Å². The number of benzene rings is 1. The van der Waals surface area contributed by atoms with E-state index in [-0.39, 0.29) is 5.88 Å². The highest BCUT2D eigenvalue weighted by Crippen LogP contribution is 2.40. The maximum Gasteiger partial charge on any atom is 0.388 e. The summed E-state index contributed by atoms with van der Waals surface area (Å²) >= 11 is 0. The van der Waals surface area contributed by atoms with Crippen molar-refractivity contribution in [3.63, 3.8) is 0 Å². The zero-order chi connectivity index (χ0) is 20.5. The molecule has 0 bridgehead atoms. The van der Waals surface area contributed by atoms with Gasteiger partial charge in [0.15, 0.2) is 0 Å². The lowest BCUT2D eigenvalue weighted by Gasteiger charge is -2.19. The summed E-state index contributed by atoms with van der Waals surface area (Å²) in [5.41, 5.74) is 4.36. The van der Waals surface area contributed by atoms with Crippen molar-refractivity contribution >= 4 is 21.7 Å². The van der Waals surface area contributed by atoms with Crippen molar-refractivity contribution in [2.45, 2.75) is 32.8 Å². The number of carbonyl (C=O) groups is 1. The van der Waals surface area contributed by atoms with E-state index in [9.17, 15) is 22.0 Å². The summed E-state index contributed by atoms with van der Waals surface area (Å²) in [7, 11) is -3.74. The second-order valence-corrected chi connectivity index (χ2v) is 8.27. The fraction of sp³-hybridized carbons (Fsp3) is 0.333. The molecule has 0 saturated heterocycles. The van der Waals surface area contributed by atoms with Gasteiger partial charge in [-0.3, -0.25) is 0 Å². The van der Waals surface area contributed by atoms with E-state index in [0.717, 1.165) is 35.8 Å². The molecule has 1 heterocycles. The number of nitrogens with zero attached hydrogens (tertiary/aromatic N) is 1. The molecule has 1 aliphatic rings. The van der Waals surface area contributed by atoms with Crippen molar-refractivity contribution in [1.29, 1.82) is 0 Å². The predicted octanol–water partition coefficient (Wildman–Crippen LogP) is 3.23. The number of urea groups is 1. The number of sulfonamides is 1. The van der Waals surface area contributed by atoms with Gasteiger partial charge in [0.2, 0.25) is 15.9 Å². The van der Waals surface area contributed by atoms with Crippen LogP contribution in [-0.2, 0) is 22.9 Å². The van der Waals surface area contributed by atoms with Crippen LogP contribution in [0.4, 0.5) is 19.3 Å². The SMILES string of the molecule is Cc1cc2c(c(NC(=O)NS(C)(=O)=O)c1-c1ccnc(OC(F)F)c1)CCC2. The van der Waals surface area contributed by atoms with Gasteiger partial charge in [0.25, 0.3) is 0 Å². The minimum atomic E-state index is -3.74. The van der Waals surface area contributed by atoms with Gasteiger partial charge in [0.05, 0.1) is 11.9 Å². The third-order valence-electron chi connectivity index (χ3n) is 4.35. The summed E-state index contributed by atoms with van der Waals surface area (Å²) in [4.78, 5) is 16.0. The van der Waals surface area contributed by atoms with E-state index in [4.69, 9.17) is 0 Å². The molecule has 1 aromatic carbocycles. The molecule has 0 fully saturated rings. The number of halogens is 2. The maximum atomic E-state index is 12.5. The van der Waals surface area contributed by atoms with Gasteiger partial charge in [-0.05, 0) is 54.5 Å². The van der Waals surface area contributed by atoms with E-state index >= 15 is 0 Å². The molecule has 2 amide bonds. The lowest BCUT2D eigenvalue weighted by molar-refractivity contribution is -0.0528. The molecule has 7 nitrogen and oxygen atoms in total. The zero-order valence-corrected chi connectivity index (χ0v) is 16.1. The third-order valence-corrected chi connectivity index (χ3v) is 4.90. The van der Waals surface area contributed by atoms with Crippen LogP contribution in [0.25, 0.3) is 11.1 Å². The topological polar surface area (TPSA) is 97.4 Å². The summed E-state index contributed by atoms with van der Waals surface area (Å²) in [6.07, 6.45) is 4.67. The van der Waals surface area contributed by atoms with Crippen molar-refractivity contribution < 1.29 is 26.7 Å². The highest BCUT2D eigenvalue weighted by molar-refractivity contribution is 7.89. The number of rotatable bonds is 5. The van der Waals surface area contributed by atoms with Gasteiger partial charge < -0.3 is 10.1 Å². The minimum absolute atomic E-state index is 0.251. The third kappa shape index (κ3) is 4.56. The quantitative estimate of drug-likeness (QED) is 0.787. The Hall–Kier alpha value is -2.75. The number of hydrogen-bond donors (Lipinski definition) is 2. The van der Waals surface area contributed by atoms with E-state index in [1.54, 1.807) is 6.07 Å². The molecule has 0 saturated carbocycles. The minimum Gasteiger partial charge on any atom is -0.417 e. The maximum absolute atomic E-state index is 12.5. The summed E-state index contributed by atoms with van der Waals surface area (Å²) in [6.45, 7) is -1.18. The number of aryl methyl sites for hydroxylation is 2. The van der Waals surface area contributed by atoms with Gasteiger partial charge in [-0.25, -0.2) is 22.9 Å². The summed E-state index contributed by atoms with van der Waals surface area (Å²) in [5.74, 6) is -0.251. The summed E-state index contributed by atoms with van der Waals surface area (Å²) in [5, 5.41) is 2.63. The predicted molar refractivity (Wildman–Crippen MR) is 100 cm³/mol. The first-order valence-electron chi connectivity index (χ1n) is 8.49. The first-order chi connectivity index (χ1) is 13.1. The van der Waals surface area contributed by atoms with Gasteiger partial charge in [-0.2, -0.15) is 8.78 Å². The molecule has 1 aliphatic carbocycles. The number of fused-ring (bicyclic) bond motifs is 1. The lowest BCUT2D eigenvalue weighted by atomic mass is 9.93. The summed E-state index contributed by atoms with van der Waals surface area (Å²) in [6, 6.07) is 4.07. The van der Waals surface area contributed by atoms with Crippen molar-refractivity contribution in [1.82, 2.24) is 9.71 Å². The van der Waals surface area contributed by atoms with Crippen LogP contribution in [0.1, 0.15) is 23.1 Å². The first-order valence-corrected chi connectivity index (χ1v) is 10.4. The number of nitrogens with one attached hydrogen (secondary N) is 2. The number of anilines is 1. The number of carbonyl (C=O) groups excluding carboxylic acids is 1. The Bertz CT molecular complexity index is 1030. The molecule has 0 unspecified atom stereocenters. The van der Waals surface area contributed by atoms with Crippen molar-refractivity contribution in [2.24, 2.45) is 0 Å². The monoisotopic (exact) mass is 411 g/mol. The van der Waals surface area contributed by atoms with E-state index in [2.05, 4.69) is 15.0 Å². The number of hydrogen-bond acceptors (Lipinski definition) is 5. The molecule has 2 aromatic rings. The van der Waals surface area contributed by atoms with Crippen LogP contribution in [0.2, 0.25) is 0 Å². The van der Waals surface area contributed by atoms with Gasteiger partial charge in [0, 0.05) is 17.8 Å². The van der Waals surface area contributed by atoms with E-state index in [1.807, 2.05) is 17.7 Å². The van der Waals surface area contributed by atoms with Gasteiger partial charge in [-0.15, -0.1) is 0 Å². The fourth-order valence-corrected chi connectivity index (χ4v) is 3.82. The summed E-state index contributed by atoms with van der Waals surface area (Å²) < 4.78 is 54.1. The normalized spacial score (nSPS) is 13.3. The Balaban J connectivity index is 2.09. The molecular weight excluding hydrogens is 392 g/mol. The number of amides is 2. The van der Waals surface area contributed by atoms with E-state index in [0.29, 0.717) is 23.2 Å². The molecule has 150 valence electrons. The molecule has 28 heavy (non-hydrogen) atoms. The largest absolute Gasteiger partial charge is 0.417 e. The Kier molecular flexibility index (Phi) is 5.50.